The van der Waals surface area contributed by atoms with Crippen molar-refractivity contribution in [3.8, 4) is 11.5 Å². The molecule has 0 aliphatic heterocycles. The Morgan fingerprint density at radius 2 is 2.00 bits per heavy atom. The largest absolute Gasteiger partial charge is 0.490 e. The van der Waals surface area contributed by atoms with Gasteiger partial charge >= 0.3 is 0 Å². The summed E-state index contributed by atoms with van der Waals surface area (Å²) >= 11 is 1.34. The number of nitrogens with one attached hydrogen (secondary N) is 1. The first-order valence-electron chi connectivity index (χ1n) is 8.70. The molecular formula is C19H21N3O4S. The quantitative estimate of drug-likeness (QED) is 0.674. The normalized spacial score (nSPS) is 12.0. The molecule has 0 bridgehead atoms. The Morgan fingerprint density at radius 3 is 2.74 bits per heavy atom. The van der Waals surface area contributed by atoms with Crippen LogP contribution in [0.5, 0.6) is 11.5 Å². The minimum atomic E-state index is -0.465. The fourth-order valence-electron chi connectivity index (χ4n) is 2.68. The van der Waals surface area contributed by atoms with Crippen LogP contribution in [-0.4, -0.2) is 28.5 Å². The molecule has 0 saturated carbocycles. The average Bonchev–Trinajstić information content (AvgIpc) is 3.13. The summed E-state index contributed by atoms with van der Waals surface area (Å²) in [5.41, 5.74) is 0.473. The van der Waals surface area contributed by atoms with Crippen molar-refractivity contribution in [2.24, 2.45) is 0 Å². The highest BCUT2D eigenvalue weighted by molar-refractivity contribution is 7.15. The lowest BCUT2D eigenvalue weighted by molar-refractivity contribution is 0.0937. The first-order chi connectivity index (χ1) is 13.0. The fraction of sp³-hybridized carbons (Fsp3) is 0.316. The number of rotatable bonds is 7. The molecular weight excluding hydrogens is 366 g/mol. The number of aromatic nitrogens is 2. The zero-order valence-electron chi connectivity index (χ0n) is 15.4. The molecule has 0 saturated heterocycles. The third kappa shape index (κ3) is 3.95. The van der Waals surface area contributed by atoms with Gasteiger partial charge in [0.1, 0.15) is 5.56 Å². The summed E-state index contributed by atoms with van der Waals surface area (Å²) in [4.78, 5) is 29.7. The highest BCUT2D eigenvalue weighted by atomic mass is 32.1. The molecule has 1 atom stereocenters. The number of ether oxygens (including phenoxy) is 2. The first kappa shape index (κ1) is 18.9. The topological polar surface area (TPSA) is 81.9 Å². The molecule has 1 aromatic carbocycles. The number of hydrogen-bond acceptors (Lipinski definition) is 6. The molecule has 2 heterocycles. The molecule has 1 amide bonds. The number of nitrogens with zero attached hydrogens (tertiary/aromatic N) is 2. The third-order valence-corrected chi connectivity index (χ3v) is 4.77. The molecule has 27 heavy (non-hydrogen) atoms. The molecule has 3 rings (SSSR count). The van der Waals surface area contributed by atoms with Gasteiger partial charge in [-0.2, -0.15) is 0 Å². The molecule has 2 aromatic heterocycles. The van der Waals surface area contributed by atoms with Gasteiger partial charge in [-0.05, 0) is 38.5 Å². The van der Waals surface area contributed by atoms with Crippen molar-refractivity contribution >= 4 is 22.2 Å². The van der Waals surface area contributed by atoms with E-state index in [2.05, 4.69) is 10.3 Å². The molecule has 0 aliphatic carbocycles. The van der Waals surface area contributed by atoms with Gasteiger partial charge in [-0.1, -0.05) is 6.07 Å². The highest BCUT2D eigenvalue weighted by Crippen LogP contribution is 2.30. The Balaban J connectivity index is 1.82. The monoisotopic (exact) mass is 387 g/mol. The average molecular weight is 387 g/mol. The van der Waals surface area contributed by atoms with E-state index in [1.54, 1.807) is 11.6 Å². The second-order valence-corrected chi connectivity index (χ2v) is 6.67. The van der Waals surface area contributed by atoms with Gasteiger partial charge in [0.15, 0.2) is 16.5 Å². The van der Waals surface area contributed by atoms with Crippen LogP contribution < -0.4 is 20.3 Å². The number of amides is 1. The minimum absolute atomic E-state index is 0.00807. The highest BCUT2D eigenvalue weighted by Gasteiger charge is 2.18. The van der Waals surface area contributed by atoms with E-state index in [1.165, 1.54) is 21.9 Å². The van der Waals surface area contributed by atoms with Crippen LogP contribution in [0, 0.1) is 0 Å². The van der Waals surface area contributed by atoms with E-state index in [0.717, 1.165) is 5.56 Å². The Labute approximate surface area is 160 Å². The molecule has 1 unspecified atom stereocenters. The van der Waals surface area contributed by atoms with Crippen molar-refractivity contribution in [3.05, 3.63) is 57.5 Å². The van der Waals surface area contributed by atoms with Gasteiger partial charge in [-0.3, -0.25) is 14.0 Å². The van der Waals surface area contributed by atoms with Crippen LogP contribution >= 0.6 is 11.3 Å². The van der Waals surface area contributed by atoms with Crippen LogP contribution in [-0.2, 0) is 0 Å². The zero-order valence-corrected chi connectivity index (χ0v) is 16.2. The van der Waals surface area contributed by atoms with Crippen molar-refractivity contribution in [2.75, 3.05) is 13.2 Å². The second kappa shape index (κ2) is 8.22. The lowest BCUT2D eigenvalue weighted by Gasteiger charge is -2.17. The number of carbonyl (C=O) groups is 1. The van der Waals surface area contributed by atoms with Crippen LogP contribution in [0.15, 0.2) is 40.8 Å². The zero-order chi connectivity index (χ0) is 19.4. The van der Waals surface area contributed by atoms with Gasteiger partial charge in [0.2, 0.25) is 0 Å². The van der Waals surface area contributed by atoms with E-state index < -0.39 is 5.91 Å². The lowest BCUT2D eigenvalue weighted by Crippen LogP contribution is -2.32. The Kier molecular flexibility index (Phi) is 5.75. The van der Waals surface area contributed by atoms with Crippen molar-refractivity contribution in [1.82, 2.24) is 14.7 Å². The van der Waals surface area contributed by atoms with E-state index in [0.29, 0.717) is 29.7 Å². The van der Waals surface area contributed by atoms with Crippen molar-refractivity contribution < 1.29 is 14.3 Å². The standard InChI is InChI=1S/C19H21N3O4S/c1-4-25-15-7-6-13(10-16(15)26-5-2)12(3)21-17(23)14-11-20-19-22(18(14)24)8-9-27-19/h6-12H,4-5H2,1-3H3,(H,21,23). The van der Waals surface area contributed by atoms with Crippen molar-refractivity contribution in [2.45, 2.75) is 26.8 Å². The van der Waals surface area contributed by atoms with Crippen molar-refractivity contribution in [1.29, 1.82) is 0 Å². The van der Waals surface area contributed by atoms with Crippen LogP contribution in [0.3, 0.4) is 0 Å². The second-order valence-electron chi connectivity index (χ2n) is 5.80. The number of benzene rings is 1. The predicted molar refractivity (Wildman–Crippen MR) is 104 cm³/mol. The van der Waals surface area contributed by atoms with E-state index in [1.807, 2.05) is 39.0 Å². The van der Waals surface area contributed by atoms with E-state index in [4.69, 9.17) is 9.47 Å². The lowest BCUT2D eigenvalue weighted by atomic mass is 10.1. The third-order valence-electron chi connectivity index (χ3n) is 4.00. The van der Waals surface area contributed by atoms with Gasteiger partial charge in [0.05, 0.1) is 19.3 Å². The van der Waals surface area contributed by atoms with Crippen LogP contribution in [0.4, 0.5) is 0 Å². The molecule has 7 nitrogen and oxygen atoms in total. The molecule has 8 heteroatoms. The Morgan fingerprint density at radius 1 is 1.26 bits per heavy atom. The van der Waals surface area contributed by atoms with Crippen LogP contribution in [0.2, 0.25) is 0 Å². The summed E-state index contributed by atoms with van der Waals surface area (Å²) in [5.74, 6) is 0.818. The van der Waals surface area contributed by atoms with Crippen molar-refractivity contribution in [3.63, 3.8) is 0 Å². The first-order valence-corrected chi connectivity index (χ1v) is 9.58. The van der Waals surface area contributed by atoms with Crippen LogP contribution in [0.25, 0.3) is 4.96 Å². The predicted octanol–water partition coefficient (Wildman–Crippen LogP) is 3.04. The van der Waals surface area contributed by atoms with E-state index >= 15 is 0 Å². The van der Waals surface area contributed by atoms with E-state index in [-0.39, 0.29) is 17.2 Å². The molecule has 0 spiro atoms. The van der Waals surface area contributed by atoms with Gasteiger partial charge < -0.3 is 14.8 Å². The fourth-order valence-corrected chi connectivity index (χ4v) is 3.35. The summed E-state index contributed by atoms with van der Waals surface area (Å²) in [6.45, 7) is 6.69. The summed E-state index contributed by atoms with van der Waals surface area (Å²) in [7, 11) is 0. The number of hydrogen-bond donors (Lipinski definition) is 1. The molecule has 0 radical (unpaired) electrons. The van der Waals surface area contributed by atoms with Gasteiger partial charge in [0.25, 0.3) is 11.5 Å². The van der Waals surface area contributed by atoms with Crippen LogP contribution in [0.1, 0.15) is 42.7 Å². The number of carbonyl (C=O) groups excluding carboxylic acids is 1. The van der Waals surface area contributed by atoms with Gasteiger partial charge in [0, 0.05) is 17.8 Å². The molecule has 142 valence electrons. The van der Waals surface area contributed by atoms with Gasteiger partial charge in [-0.15, -0.1) is 11.3 Å². The van der Waals surface area contributed by atoms with E-state index in [9.17, 15) is 9.59 Å². The SMILES string of the molecule is CCOc1ccc(C(C)NC(=O)c2cnc3sccn3c2=O)cc1OCC. The summed E-state index contributed by atoms with van der Waals surface area (Å²) in [6, 6.07) is 5.20. The summed E-state index contributed by atoms with van der Waals surface area (Å²) in [5, 5.41) is 4.60. The molecule has 0 aliphatic rings. The number of fused-ring (bicyclic) bond motifs is 1. The number of thiazole rings is 1. The van der Waals surface area contributed by atoms with Gasteiger partial charge in [-0.25, -0.2) is 4.98 Å². The summed E-state index contributed by atoms with van der Waals surface area (Å²) in [6.07, 6.45) is 2.93. The smallest absolute Gasteiger partial charge is 0.271 e. The molecule has 3 aromatic rings. The maximum absolute atomic E-state index is 12.6. The molecule has 0 fully saturated rings. The maximum Gasteiger partial charge on any atom is 0.271 e. The minimum Gasteiger partial charge on any atom is -0.490 e. The maximum atomic E-state index is 12.6. The summed E-state index contributed by atoms with van der Waals surface area (Å²) < 4.78 is 12.6. The molecule has 1 N–H and O–H groups in total. The Bertz CT molecular complexity index is 1010. The Hall–Kier alpha value is -2.87.